The first kappa shape index (κ1) is 22.4. The largest absolute Gasteiger partial charge is 0.376 e. The number of benzene rings is 1. The Kier molecular flexibility index (Phi) is 11.6. The molecule has 0 aliphatic carbocycles. The zero-order valence-electron chi connectivity index (χ0n) is 15.5. The zero-order valence-corrected chi connectivity index (χ0v) is 17.9. The van der Waals surface area contributed by atoms with Crippen molar-refractivity contribution in [3.63, 3.8) is 0 Å². The number of halogens is 1. The summed E-state index contributed by atoms with van der Waals surface area (Å²) in [6.45, 7) is 5.15. The Balaban J connectivity index is 0.00000338. The highest BCUT2D eigenvalue weighted by Gasteiger charge is 2.05. The molecule has 0 amide bonds. The van der Waals surface area contributed by atoms with Crippen molar-refractivity contribution >= 4 is 29.9 Å². The van der Waals surface area contributed by atoms with Crippen LogP contribution in [0.2, 0.25) is 0 Å². The van der Waals surface area contributed by atoms with E-state index >= 15 is 0 Å². The molecule has 0 spiro atoms. The summed E-state index contributed by atoms with van der Waals surface area (Å²) in [7, 11) is 1.78. The van der Waals surface area contributed by atoms with E-state index in [2.05, 4.69) is 39.7 Å². The summed E-state index contributed by atoms with van der Waals surface area (Å²) in [5.74, 6) is 1.21. The Morgan fingerprint density at radius 3 is 2.58 bits per heavy atom. The summed E-state index contributed by atoms with van der Waals surface area (Å²) in [6, 6.07) is 16.2. The predicted octanol–water partition coefficient (Wildman–Crippen LogP) is 3.26. The van der Waals surface area contributed by atoms with Gasteiger partial charge in [0.25, 0.3) is 0 Å². The quantitative estimate of drug-likeness (QED) is 0.337. The van der Waals surface area contributed by atoms with E-state index in [1.165, 1.54) is 5.56 Å². The summed E-state index contributed by atoms with van der Waals surface area (Å²) in [6.07, 6.45) is 2.69. The molecule has 1 aromatic carbocycles. The second-order valence-corrected chi connectivity index (χ2v) is 6.06. The molecule has 0 saturated heterocycles. The van der Waals surface area contributed by atoms with Gasteiger partial charge in [-0.1, -0.05) is 43.3 Å². The molecule has 1 aromatic heterocycles. The molecule has 1 atom stereocenters. The van der Waals surface area contributed by atoms with Crippen LogP contribution < -0.4 is 10.6 Å². The third-order valence-electron chi connectivity index (χ3n) is 3.76. The fourth-order valence-corrected chi connectivity index (χ4v) is 2.36. The Bertz CT molecular complexity index is 622. The maximum atomic E-state index is 5.78. The van der Waals surface area contributed by atoms with E-state index < -0.39 is 0 Å². The number of guanidine groups is 1. The summed E-state index contributed by atoms with van der Waals surface area (Å²) >= 11 is 0. The van der Waals surface area contributed by atoms with E-state index in [0.29, 0.717) is 19.1 Å². The van der Waals surface area contributed by atoms with E-state index in [4.69, 9.17) is 4.74 Å². The van der Waals surface area contributed by atoms with Crippen molar-refractivity contribution in [1.29, 1.82) is 0 Å². The molecule has 1 heterocycles. The van der Waals surface area contributed by atoms with Gasteiger partial charge in [-0.25, -0.2) is 0 Å². The summed E-state index contributed by atoms with van der Waals surface area (Å²) in [4.78, 5) is 8.57. The first-order valence-electron chi connectivity index (χ1n) is 8.74. The molecule has 5 nitrogen and oxygen atoms in total. The van der Waals surface area contributed by atoms with Crippen LogP contribution in [0.3, 0.4) is 0 Å². The van der Waals surface area contributed by atoms with E-state index in [-0.39, 0.29) is 24.0 Å². The Morgan fingerprint density at radius 1 is 1.12 bits per heavy atom. The third kappa shape index (κ3) is 9.15. The van der Waals surface area contributed by atoms with Gasteiger partial charge in [-0.2, -0.15) is 0 Å². The number of nitrogens with one attached hydrogen (secondary N) is 2. The number of pyridine rings is 1. The van der Waals surface area contributed by atoms with Gasteiger partial charge < -0.3 is 15.4 Å². The topological polar surface area (TPSA) is 58.5 Å². The van der Waals surface area contributed by atoms with Gasteiger partial charge in [0.1, 0.15) is 0 Å². The third-order valence-corrected chi connectivity index (χ3v) is 3.76. The SMILES string of the molecule is CN=C(NCCc1ccccn1)NCC(C)COCc1ccccc1.I. The molecule has 2 rings (SSSR count). The highest BCUT2D eigenvalue weighted by Crippen LogP contribution is 2.02. The summed E-state index contributed by atoms with van der Waals surface area (Å²) in [5, 5.41) is 6.66. The smallest absolute Gasteiger partial charge is 0.190 e. The molecule has 2 aromatic rings. The minimum atomic E-state index is 0. The highest BCUT2D eigenvalue weighted by atomic mass is 127. The first-order valence-corrected chi connectivity index (χ1v) is 8.74. The molecule has 0 bridgehead atoms. The summed E-state index contributed by atoms with van der Waals surface area (Å²) in [5.41, 5.74) is 2.28. The van der Waals surface area contributed by atoms with Crippen molar-refractivity contribution in [3.8, 4) is 0 Å². The number of hydrogen-bond donors (Lipinski definition) is 2. The monoisotopic (exact) mass is 468 g/mol. The van der Waals surface area contributed by atoms with Crippen LogP contribution in [-0.4, -0.2) is 37.7 Å². The minimum Gasteiger partial charge on any atom is -0.376 e. The maximum absolute atomic E-state index is 5.78. The van der Waals surface area contributed by atoms with E-state index in [9.17, 15) is 0 Å². The fraction of sp³-hybridized carbons (Fsp3) is 0.400. The van der Waals surface area contributed by atoms with Crippen LogP contribution in [0.25, 0.3) is 0 Å². The van der Waals surface area contributed by atoms with Gasteiger partial charge in [-0.05, 0) is 23.6 Å². The van der Waals surface area contributed by atoms with E-state index in [1.54, 1.807) is 7.05 Å². The molecule has 1 unspecified atom stereocenters. The van der Waals surface area contributed by atoms with Gasteiger partial charge in [0.2, 0.25) is 0 Å². The van der Waals surface area contributed by atoms with Crippen molar-refractivity contribution in [3.05, 3.63) is 66.0 Å². The number of nitrogens with zero attached hydrogens (tertiary/aromatic N) is 2. The molecule has 142 valence electrons. The molecule has 0 aliphatic rings. The van der Waals surface area contributed by atoms with Crippen LogP contribution in [0.1, 0.15) is 18.2 Å². The molecular formula is C20H29IN4O. The normalized spacial score (nSPS) is 12.2. The second kappa shape index (κ2) is 13.5. The van der Waals surface area contributed by atoms with Crippen LogP contribution in [0, 0.1) is 5.92 Å². The lowest BCUT2D eigenvalue weighted by molar-refractivity contribution is 0.0931. The Morgan fingerprint density at radius 2 is 1.88 bits per heavy atom. The average Bonchev–Trinajstić information content (AvgIpc) is 2.66. The van der Waals surface area contributed by atoms with Crippen LogP contribution in [0.15, 0.2) is 59.7 Å². The van der Waals surface area contributed by atoms with E-state index in [0.717, 1.165) is 31.2 Å². The number of aliphatic imine (C=N–C) groups is 1. The van der Waals surface area contributed by atoms with Gasteiger partial charge in [0.15, 0.2) is 5.96 Å². The first-order chi connectivity index (χ1) is 12.3. The van der Waals surface area contributed by atoms with Crippen LogP contribution in [0.5, 0.6) is 0 Å². The molecular weight excluding hydrogens is 439 g/mol. The molecule has 2 N–H and O–H groups in total. The van der Waals surface area contributed by atoms with Gasteiger partial charge in [0.05, 0.1) is 13.2 Å². The lowest BCUT2D eigenvalue weighted by Gasteiger charge is -2.16. The number of aromatic nitrogens is 1. The van der Waals surface area contributed by atoms with Gasteiger partial charge in [-0.3, -0.25) is 9.98 Å². The fourth-order valence-electron chi connectivity index (χ4n) is 2.36. The standard InChI is InChI=1S/C20H28N4O.HI/c1-17(15-25-16-18-8-4-3-5-9-18)14-24-20(21-2)23-13-11-19-10-6-7-12-22-19;/h3-10,12,17H,11,13-16H2,1-2H3,(H2,21,23,24);1H. The van der Waals surface area contributed by atoms with Crippen LogP contribution in [0.4, 0.5) is 0 Å². The van der Waals surface area contributed by atoms with Gasteiger partial charge >= 0.3 is 0 Å². The average molecular weight is 468 g/mol. The predicted molar refractivity (Wildman–Crippen MR) is 118 cm³/mol. The second-order valence-electron chi connectivity index (χ2n) is 6.06. The number of hydrogen-bond acceptors (Lipinski definition) is 3. The Labute approximate surface area is 173 Å². The molecule has 26 heavy (non-hydrogen) atoms. The van der Waals surface area contributed by atoms with E-state index in [1.807, 2.05) is 42.6 Å². The zero-order chi connectivity index (χ0) is 17.7. The van der Waals surface area contributed by atoms with Crippen molar-refractivity contribution in [1.82, 2.24) is 15.6 Å². The van der Waals surface area contributed by atoms with Crippen molar-refractivity contribution in [2.24, 2.45) is 10.9 Å². The van der Waals surface area contributed by atoms with Crippen molar-refractivity contribution in [2.45, 2.75) is 20.0 Å². The molecule has 6 heteroatoms. The summed E-state index contributed by atoms with van der Waals surface area (Å²) < 4.78 is 5.78. The maximum Gasteiger partial charge on any atom is 0.190 e. The van der Waals surface area contributed by atoms with Crippen LogP contribution in [-0.2, 0) is 17.8 Å². The molecule has 0 fully saturated rings. The number of ether oxygens (including phenoxy) is 1. The van der Waals surface area contributed by atoms with Crippen LogP contribution >= 0.6 is 24.0 Å². The highest BCUT2D eigenvalue weighted by molar-refractivity contribution is 14.0. The Hall–Kier alpha value is -1.67. The van der Waals surface area contributed by atoms with Gasteiger partial charge in [0, 0.05) is 38.4 Å². The molecule has 0 aliphatic heterocycles. The molecule has 0 saturated carbocycles. The minimum absolute atomic E-state index is 0. The lowest BCUT2D eigenvalue weighted by atomic mass is 10.2. The van der Waals surface area contributed by atoms with Crippen molar-refractivity contribution < 1.29 is 4.74 Å². The molecule has 0 radical (unpaired) electrons. The lowest BCUT2D eigenvalue weighted by Crippen LogP contribution is -2.40. The van der Waals surface area contributed by atoms with Crippen molar-refractivity contribution in [2.75, 3.05) is 26.7 Å². The number of rotatable bonds is 9. The van der Waals surface area contributed by atoms with Gasteiger partial charge in [-0.15, -0.1) is 24.0 Å².